The molecule has 0 radical (unpaired) electrons. The van der Waals surface area contributed by atoms with Gasteiger partial charge in [-0.1, -0.05) is 23.7 Å². The Hall–Kier alpha value is -3.98. The normalized spacial score (nSPS) is 10.8. The molecule has 10 heteroatoms. The number of halogens is 1. The van der Waals surface area contributed by atoms with Crippen LogP contribution in [0, 0.1) is 10.1 Å². The molecule has 3 rings (SSSR count). The fourth-order valence-electron chi connectivity index (χ4n) is 2.58. The summed E-state index contributed by atoms with van der Waals surface area (Å²) in [6, 6.07) is 13.8. The van der Waals surface area contributed by atoms with Crippen LogP contribution in [0.3, 0.4) is 0 Å². The SMILES string of the molecule is CCOC(=O)c1ccc(-c2ccc(/C=N/NC(=O)c3ccc(Cl)c([N+](=O)[O-])c3)o2)cc1. The standard InChI is InChI=1S/C21H16ClN3O6/c1-2-30-21(27)14-5-3-13(4-6-14)19-10-8-16(31-19)12-23-24-20(26)15-7-9-17(22)18(11-15)25(28)29/h3-12H,2H2,1H3,(H,24,26)/b23-12+. The summed E-state index contributed by atoms with van der Waals surface area (Å²) in [6.45, 7) is 2.03. The molecule has 2 aromatic carbocycles. The number of rotatable bonds is 7. The minimum Gasteiger partial charge on any atom is -0.462 e. The van der Waals surface area contributed by atoms with Crippen LogP contribution in [0.15, 0.2) is 64.1 Å². The van der Waals surface area contributed by atoms with E-state index in [0.29, 0.717) is 23.7 Å². The van der Waals surface area contributed by atoms with Crippen LogP contribution in [-0.2, 0) is 4.74 Å². The first kappa shape index (κ1) is 21.7. The second-order valence-electron chi connectivity index (χ2n) is 6.12. The Morgan fingerprint density at radius 3 is 2.55 bits per heavy atom. The molecule has 0 spiro atoms. The summed E-state index contributed by atoms with van der Waals surface area (Å²) in [5.41, 5.74) is 3.11. The van der Waals surface area contributed by atoms with Crippen molar-refractivity contribution in [1.82, 2.24) is 5.43 Å². The van der Waals surface area contributed by atoms with Crippen molar-refractivity contribution in [3.8, 4) is 11.3 Å². The number of amides is 1. The van der Waals surface area contributed by atoms with Crippen LogP contribution in [-0.4, -0.2) is 29.6 Å². The van der Waals surface area contributed by atoms with E-state index < -0.39 is 16.8 Å². The van der Waals surface area contributed by atoms with Crippen LogP contribution >= 0.6 is 11.6 Å². The third-order valence-electron chi connectivity index (χ3n) is 4.07. The highest BCUT2D eigenvalue weighted by molar-refractivity contribution is 6.32. The number of carbonyl (C=O) groups is 2. The zero-order chi connectivity index (χ0) is 22.4. The van der Waals surface area contributed by atoms with E-state index in [-0.39, 0.29) is 16.3 Å². The van der Waals surface area contributed by atoms with Crippen molar-refractivity contribution in [2.24, 2.45) is 5.10 Å². The summed E-state index contributed by atoms with van der Waals surface area (Å²) in [7, 11) is 0. The van der Waals surface area contributed by atoms with Gasteiger partial charge in [0.05, 0.1) is 23.3 Å². The summed E-state index contributed by atoms with van der Waals surface area (Å²) in [5.74, 6) is -0.135. The van der Waals surface area contributed by atoms with Gasteiger partial charge in [0, 0.05) is 17.2 Å². The molecule has 1 aromatic heterocycles. The number of furan rings is 1. The van der Waals surface area contributed by atoms with Gasteiger partial charge < -0.3 is 9.15 Å². The van der Waals surface area contributed by atoms with Gasteiger partial charge in [0.25, 0.3) is 11.6 Å². The number of nitro groups is 1. The summed E-state index contributed by atoms with van der Waals surface area (Å²) in [5, 5.41) is 14.7. The van der Waals surface area contributed by atoms with Crippen molar-refractivity contribution in [2.75, 3.05) is 6.61 Å². The number of hydrogen-bond acceptors (Lipinski definition) is 7. The number of hydrogen-bond donors (Lipinski definition) is 1. The lowest BCUT2D eigenvalue weighted by molar-refractivity contribution is -0.384. The predicted octanol–water partition coefficient (Wildman–Crippen LogP) is 4.45. The Bertz CT molecular complexity index is 1150. The fourth-order valence-corrected chi connectivity index (χ4v) is 2.76. The monoisotopic (exact) mass is 441 g/mol. The number of esters is 1. The topological polar surface area (TPSA) is 124 Å². The first-order valence-electron chi connectivity index (χ1n) is 9.03. The highest BCUT2D eigenvalue weighted by atomic mass is 35.5. The Kier molecular flexibility index (Phi) is 6.78. The lowest BCUT2D eigenvalue weighted by atomic mass is 10.1. The van der Waals surface area contributed by atoms with Gasteiger partial charge in [0.1, 0.15) is 16.5 Å². The van der Waals surface area contributed by atoms with Gasteiger partial charge in [0.2, 0.25) is 0 Å². The third-order valence-corrected chi connectivity index (χ3v) is 4.39. The quantitative estimate of drug-likeness (QED) is 0.250. The van der Waals surface area contributed by atoms with Crippen molar-refractivity contribution in [3.05, 3.63) is 86.6 Å². The highest BCUT2D eigenvalue weighted by Gasteiger charge is 2.16. The maximum atomic E-state index is 12.1. The van der Waals surface area contributed by atoms with E-state index in [4.69, 9.17) is 20.8 Å². The molecule has 0 aliphatic heterocycles. The van der Waals surface area contributed by atoms with Gasteiger partial charge in [0.15, 0.2) is 0 Å². The molecular formula is C21H16ClN3O6. The van der Waals surface area contributed by atoms with E-state index >= 15 is 0 Å². The second kappa shape index (κ2) is 9.68. The maximum Gasteiger partial charge on any atom is 0.338 e. The van der Waals surface area contributed by atoms with Crippen LogP contribution in [0.4, 0.5) is 5.69 Å². The molecule has 3 aromatic rings. The molecular weight excluding hydrogens is 426 g/mol. The van der Waals surface area contributed by atoms with Gasteiger partial charge in [-0.2, -0.15) is 5.10 Å². The Morgan fingerprint density at radius 2 is 1.87 bits per heavy atom. The van der Waals surface area contributed by atoms with Crippen molar-refractivity contribution in [1.29, 1.82) is 0 Å². The van der Waals surface area contributed by atoms with Crippen molar-refractivity contribution >= 4 is 35.4 Å². The fraction of sp³-hybridized carbons (Fsp3) is 0.0952. The van der Waals surface area contributed by atoms with E-state index in [2.05, 4.69) is 10.5 Å². The predicted molar refractivity (Wildman–Crippen MR) is 113 cm³/mol. The number of nitrogens with one attached hydrogen (secondary N) is 1. The second-order valence-corrected chi connectivity index (χ2v) is 6.53. The largest absolute Gasteiger partial charge is 0.462 e. The minimum atomic E-state index is -0.675. The van der Waals surface area contributed by atoms with E-state index in [9.17, 15) is 19.7 Å². The molecule has 0 saturated carbocycles. The van der Waals surface area contributed by atoms with Gasteiger partial charge in [-0.05, 0) is 43.3 Å². The lowest BCUT2D eigenvalue weighted by Crippen LogP contribution is -2.17. The summed E-state index contributed by atoms with van der Waals surface area (Å²) in [6.07, 6.45) is 1.29. The Morgan fingerprint density at radius 1 is 1.16 bits per heavy atom. The van der Waals surface area contributed by atoms with Gasteiger partial charge in [-0.25, -0.2) is 10.2 Å². The highest BCUT2D eigenvalue weighted by Crippen LogP contribution is 2.25. The number of nitrogens with zero attached hydrogens (tertiary/aromatic N) is 2. The first-order valence-corrected chi connectivity index (χ1v) is 9.41. The molecule has 1 heterocycles. The smallest absolute Gasteiger partial charge is 0.338 e. The molecule has 1 amide bonds. The van der Waals surface area contributed by atoms with Crippen LogP contribution in [0.5, 0.6) is 0 Å². The molecule has 158 valence electrons. The van der Waals surface area contributed by atoms with Crippen molar-refractivity contribution in [2.45, 2.75) is 6.92 Å². The molecule has 0 aliphatic carbocycles. The molecule has 0 bridgehead atoms. The number of carbonyl (C=O) groups excluding carboxylic acids is 2. The maximum absolute atomic E-state index is 12.1. The number of hydrazone groups is 1. The van der Waals surface area contributed by atoms with E-state index in [1.165, 1.54) is 18.3 Å². The molecule has 1 N–H and O–H groups in total. The molecule has 0 unspecified atom stereocenters. The molecule has 31 heavy (non-hydrogen) atoms. The average Bonchev–Trinajstić information content (AvgIpc) is 3.23. The minimum absolute atomic E-state index is 0.0371. The van der Waals surface area contributed by atoms with Crippen LogP contribution in [0.25, 0.3) is 11.3 Å². The molecule has 0 fully saturated rings. The summed E-state index contributed by atoms with van der Waals surface area (Å²) >= 11 is 5.73. The van der Waals surface area contributed by atoms with E-state index in [0.717, 1.165) is 11.6 Å². The molecule has 0 atom stereocenters. The van der Waals surface area contributed by atoms with Crippen LogP contribution in [0.1, 0.15) is 33.4 Å². The molecule has 0 aliphatic rings. The van der Waals surface area contributed by atoms with Crippen molar-refractivity contribution < 1.29 is 23.7 Å². The lowest BCUT2D eigenvalue weighted by Gasteiger charge is -2.02. The van der Waals surface area contributed by atoms with Crippen LogP contribution < -0.4 is 5.43 Å². The molecule has 9 nitrogen and oxygen atoms in total. The Balaban J connectivity index is 1.64. The molecule has 0 saturated heterocycles. The average molecular weight is 442 g/mol. The van der Waals surface area contributed by atoms with Crippen molar-refractivity contribution in [3.63, 3.8) is 0 Å². The first-order chi connectivity index (χ1) is 14.9. The zero-order valence-corrected chi connectivity index (χ0v) is 17.0. The Labute approximate surface area is 181 Å². The number of ether oxygens (including phenoxy) is 1. The number of benzene rings is 2. The third kappa shape index (κ3) is 5.34. The van der Waals surface area contributed by atoms with E-state index in [1.807, 2.05) is 0 Å². The number of nitro benzene ring substituents is 1. The van der Waals surface area contributed by atoms with Gasteiger partial charge in [-0.3, -0.25) is 14.9 Å². The summed E-state index contributed by atoms with van der Waals surface area (Å²) < 4.78 is 10.6. The van der Waals surface area contributed by atoms with Gasteiger partial charge in [-0.15, -0.1) is 0 Å². The van der Waals surface area contributed by atoms with E-state index in [1.54, 1.807) is 43.3 Å². The summed E-state index contributed by atoms with van der Waals surface area (Å²) in [4.78, 5) is 34.1. The van der Waals surface area contributed by atoms with Crippen LogP contribution in [0.2, 0.25) is 5.02 Å². The van der Waals surface area contributed by atoms with Gasteiger partial charge >= 0.3 is 5.97 Å². The zero-order valence-electron chi connectivity index (χ0n) is 16.2.